The molecule has 2 saturated heterocycles. The quantitative estimate of drug-likeness (QED) is 0.0384. The van der Waals surface area contributed by atoms with Crippen molar-refractivity contribution in [2.75, 3.05) is 78.4 Å². The number of hydrogen-bond acceptors (Lipinski definition) is 16. The molecule has 25 heteroatoms. The van der Waals surface area contributed by atoms with Crippen molar-refractivity contribution in [3.8, 4) is 0 Å². The SMILES string of the molecule is CCN(C)Cc1cc2ccccc2n1CCC(=O)N[C@@H](CS(=O)(=O)O)C(=O)NCCOCCOCCC(=O)N(C)[C@@H](C)C(=O)O[C@H]1CC(=O)N(C)c2cc(cc(C)c2Cl)C/C(C)=C/C=C/[C@@H](OC)[C@]2(O)C[C@H](OC(=O)N2)[C@@H](C)C2O[C@]21C. The van der Waals surface area contributed by atoms with Gasteiger partial charge in [0.05, 0.1) is 56.1 Å². The van der Waals surface area contributed by atoms with Gasteiger partial charge in [-0.3, -0.25) is 29.0 Å². The Hall–Kier alpha value is -5.96. The van der Waals surface area contributed by atoms with E-state index < -0.39 is 105 Å². The van der Waals surface area contributed by atoms with Crippen molar-refractivity contribution >= 4 is 74.0 Å². The molecule has 0 aliphatic carbocycles. The highest BCUT2D eigenvalue weighted by molar-refractivity contribution is 7.85. The van der Waals surface area contributed by atoms with Crippen LogP contribution in [-0.2, 0) is 82.0 Å². The van der Waals surface area contributed by atoms with Gasteiger partial charge >= 0.3 is 12.1 Å². The summed E-state index contributed by atoms with van der Waals surface area (Å²) in [6.07, 6.45) is 0.362. The minimum Gasteiger partial charge on any atom is -0.457 e. The van der Waals surface area contributed by atoms with Gasteiger partial charge < -0.3 is 63.4 Å². The Kier molecular flexibility index (Phi) is 22.7. The monoisotopic (exact) mass is 1190 g/mol. The van der Waals surface area contributed by atoms with Gasteiger partial charge in [0.2, 0.25) is 23.6 Å². The van der Waals surface area contributed by atoms with Crippen molar-refractivity contribution < 1.29 is 75.3 Å². The van der Waals surface area contributed by atoms with Gasteiger partial charge in [0.1, 0.15) is 41.7 Å². The second kappa shape index (κ2) is 28.5. The van der Waals surface area contributed by atoms with Crippen LogP contribution >= 0.6 is 11.6 Å². The summed E-state index contributed by atoms with van der Waals surface area (Å²) in [4.78, 5) is 85.7. The van der Waals surface area contributed by atoms with E-state index in [1.807, 2.05) is 74.9 Å². The Labute approximate surface area is 484 Å². The summed E-state index contributed by atoms with van der Waals surface area (Å²) in [6, 6.07) is 10.8. The van der Waals surface area contributed by atoms with Gasteiger partial charge in [-0.1, -0.05) is 73.5 Å². The van der Waals surface area contributed by atoms with Gasteiger partial charge in [-0.15, -0.1) is 0 Å². The maximum absolute atomic E-state index is 14.3. The summed E-state index contributed by atoms with van der Waals surface area (Å²) < 4.78 is 70.3. The van der Waals surface area contributed by atoms with Crippen molar-refractivity contribution in [3.05, 3.63) is 88.1 Å². The number of esters is 1. The van der Waals surface area contributed by atoms with Crippen LogP contribution in [0.25, 0.3) is 10.9 Å². The number of alkyl carbamates (subject to hydrolysis) is 1. The normalized spacial score (nSPS) is 25.0. The largest absolute Gasteiger partial charge is 0.457 e. The number of allylic oxidation sites excluding steroid dienone is 3. The maximum atomic E-state index is 14.3. The highest BCUT2D eigenvalue weighted by Crippen LogP contribution is 2.49. The standard InChI is InChI=1S/C57H80ClN7O16S/c1-11-62(7)33-41-30-40-16-12-13-17-43(40)65(41)22-19-48(66)60-42(34-82(73,74)75)53(69)59-21-24-78-26-25-77-23-20-49(67)63(8)38(5)54(70)80-47-31-50(68)64(9)44-29-39(28-36(3)51(44)58)27-35(2)15-14-18-46(76-10)57(72)32-45(79-55(71)61-57)37(4)52-56(47,6)81-52/h12-18,28-30,37-38,42,45-47,52,72H,11,19-27,31-34H2,1-10H3,(H,59,69)(H,60,66)(H,61,71)(H,73,74,75)/b18-14+,35-15+/t37-,38+,42+,45+,46-,47+,52?,56+,57-/m1/s1. The number of carbonyl (C=O) groups is 6. The Morgan fingerprint density at radius 2 is 1.74 bits per heavy atom. The third kappa shape index (κ3) is 17.1. The Morgan fingerprint density at radius 1 is 1.04 bits per heavy atom. The molecular formula is C57H80ClN7O16S. The lowest BCUT2D eigenvalue weighted by Gasteiger charge is -2.42. The van der Waals surface area contributed by atoms with Crippen molar-refractivity contribution in [3.63, 3.8) is 0 Å². The lowest BCUT2D eigenvalue weighted by Crippen LogP contribution is -2.63. The number of aryl methyl sites for hydroxylation is 2. The zero-order valence-electron chi connectivity index (χ0n) is 48.4. The number of fused-ring (bicyclic) bond motifs is 6. The molecule has 0 saturated carbocycles. The van der Waals surface area contributed by atoms with Crippen molar-refractivity contribution in [1.29, 1.82) is 0 Å². The van der Waals surface area contributed by atoms with Gasteiger partial charge in [0, 0.05) is 70.8 Å². The summed E-state index contributed by atoms with van der Waals surface area (Å²) in [5.41, 5.74) is 1.72. The molecule has 5 amide bonds. The molecule has 3 aliphatic heterocycles. The number of hydrogen-bond donors (Lipinski definition) is 5. The second-order valence-corrected chi connectivity index (χ2v) is 23.5. The molecule has 4 heterocycles. The van der Waals surface area contributed by atoms with E-state index in [0.717, 1.165) is 39.8 Å². The number of benzene rings is 2. The van der Waals surface area contributed by atoms with E-state index in [0.29, 0.717) is 23.7 Å². The Bertz CT molecular complexity index is 2970. The number of anilines is 1. The molecule has 9 atom stereocenters. The number of rotatable bonds is 23. The Balaban J connectivity index is 0.996. The molecule has 2 aromatic carbocycles. The number of likely N-dealkylation sites (N-methyl/N-ethyl adjacent to an activating group) is 1. The first-order valence-corrected chi connectivity index (χ1v) is 29.4. The molecule has 452 valence electrons. The molecule has 3 aromatic rings. The number of methoxy groups -OCH3 is 1. The number of aromatic nitrogens is 1. The summed E-state index contributed by atoms with van der Waals surface area (Å²) >= 11 is 6.82. The summed E-state index contributed by atoms with van der Waals surface area (Å²) in [7, 11) is 1.74. The van der Waals surface area contributed by atoms with E-state index in [2.05, 4.69) is 26.9 Å². The second-order valence-electron chi connectivity index (χ2n) is 21.6. The fourth-order valence-electron chi connectivity index (χ4n) is 10.2. The topological polar surface area (TPSA) is 286 Å². The van der Waals surface area contributed by atoms with E-state index in [4.69, 9.17) is 40.0 Å². The van der Waals surface area contributed by atoms with Gasteiger partial charge in [-0.2, -0.15) is 8.42 Å². The average molecular weight is 1190 g/mol. The number of nitrogens with one attached hydrogen (secondary N) is 3. The third-order valence-electron chi connectivity index (χ3n) is 15.4. The predicted octanol–water partition coefficient (Wildman–Crippen LogP) is 4.22. The molecule has 0 spiro atoms. The van der Waals surface area contributed by atoms with Crippen LogP contribution in [0.5, 0.6) is 0 Å². The summed E-state index contributed by atoms with van der Waals surface area (Å²) in [5.74, 6) is -4.79. The minimum atomic E-state index is -4.66. The molecule has 2 fully saturated rings. The smallest absolute Gasteiger partial charge is 0.409 e. The molecule has 0 radical (unpaired) electrons. The summed E-state index contributed by atoms with van der Waals surface area (Å²) in [6.45, 7) is 12.4. The van der Waals surface area contributed by atoms with Crippen molar-refractivity contribution in [2.45, 2.75) is 135 Å². The number of epoxide rings is 1. The van der Waals surface area contributed by atoms with Gasteiger partial charge in [-0.25, -0.2) is 9.59 Å². The van der Waals surface area contributed by atoms with E-state index in [1.54, 1.807) is 33.0 Å². The number of aliphatic hydroxyl groups is 1. The van der Waals surface area contributed by atoms with Crippen LogP contribution in [0.2, 0.25) is 5.02 Å². The van der Waals surface area contributed by atoms with Crippen LogP contribution in [0.1, 0.15) is 77.1 Å². The zero-order valence-corrected chi connectivity index (χ0v) is 50.0. The van der Waals surface area contributed by atoms with Crippen LogP contribution in [0, 0.1) is 12.8 Å². The number of carbonyl (C=O) groups excluding carboxylic acids is 6. The van der Waals surface area contributed by atoms with Crippen LogP contribution in [0.4, 0.5) is 10.5 Å². The number of para-hydroxylation sites is 1. The van der Waals surface area contributed by atoms with Crippen LogP contribution < -0.4 is 20.9 Å². The fourth-order valence-corrected chi connectivity index (χ4v) is 11.1. The van der Waals surface area contributed by atoms with E-state index >= 15 is 0 Å². The molecule has 3 aliphatic rings. The van der Waals surface area contributed by atoms with Crippen LogP contribution in [0.3, 0.4) is 0 Å². The van der Waals surface area contributed by atoms with Crippen molar-refractivity contribution in [1.82, 2.24) is 30.3 Å². The first kappa shape index (κ1) is 65.2. The first-order valence-electron chi connectivity index (χ1n) is 27.4. The number of halogens is 1. The van der Waals surface area contributed by atoms with Crippen LogP contribution in [-0.4, -0.2) is 189 Å². The number of nitrogens with zero attached hydrogens (tertiary/aromatic N) is 4. The molecule has 6 rings (SSSR count). The lowest BCUT2D eigenvalue weighted by atomic mass is 9.83. The number of amides is 5. The molecular weight excluding hydrogens is 1110 g/mol. The lowest BCUT2D eigenvalue weighted by molar-refractivity contribution is -0.162. The number of ether oxygens (including phenoxy) is 6. The molecule has 4 bridgehead atoms. The molecule has 1 aromatic heterocycles. The Morgan fingerprint density at radius 3 is 2.44 bits per heavy atom. The van der Waals surface area contributed by atoms with Gasteiger partial charge in [0.15, 0.2) is 5.72 Å². The zero-order chi connectivity index (χ0) is 60.3. The van der Waals surface area contributed by atoms with Crippen LogP contribution in [0.15, 0.2) is 66.3 Å². The average Bonchev–Trinajstić information content (AvgIpc) is 2.57. The highest BCUT2D eigenvalue weighted by atomic mass is 35.5. The first-order chi connectivity index (χ1) is 38.7. The van der Waals surface area contributed by atoms with Gasteiger partial charge in [0.25, 0.3) is 10.1 Å². The van der Waals surface area contributed by atoms with E-state index in [1.165, 1.54) is 30.9 Å². The van der Waals surface area contributed by atoms with E-state index in [-0.39, 0.29) is 65.2 Å². The molecule has 82 heavy (non-hydrogen) atoms. The molecule has 23 nitrogen and oxygen atoms in total. The third-order valence-corrected chi connectivity index (χ3v) is 16.6. The van der Waals surface area contributed by atoms with Gasteiger partial charge in [-0.05, 0) is 82.4 Å². The van der Waals surface area contributed by atoms with E-state index in [9.17, 15) is 46.8 Å². The molecule has 5 N–H and O–H groups in total. The minimum absolute atomic E-state index is 0.0229. The van der Waals surface area contributed by atoms with Crippen molar-refractivity contribution in [2.24, 2.45) is 5.92 Å². The predicted molar refractivity (Wildman–Crippen MR) is 305 cm³/mol. The highest BCUT2D eigenvalue weighted by Gasteiger charge is 2.64. The summed E-state index contributed by atoms with van der Waals surface area (Å²) in [5, 5.41) is 20.7. The molecule has 1 unspecified atom stereocenters. The maximum Gasteiger partial charge on any atom is 0.409 e. The fraction of sp³-hybridized carbons (Fsp3) is 0.579.